The van der Waals surface area contributed by atoms with Crippen LogP contribution in [0.2, 0.25) is 0 Å². The molecule has 0 saturated heterocycles. The zero-order valence-corrected chi connectivity index (χ0v) is 10.2. The van der Waals surface area contributed by atoms with Gasteiger partial charge in [-0.15, -0.1) is 0 Å². The van der Waals surface area contributed by atoms with E-state index in [-0.39, 0.29) is 0 Å². The highest BCUT2D eigenvalue weighted by Gasteiger charge is 2.28. The van der Waals surface area contributed by atoms with Crippen molar-refractivity contribution in [1.82, 2.24) is 10.8 Å². The lowest BCUT2D eigenvalue weighted by molar-refractivity contribution is -0.191. The molecule has 9 heteroatoms. The largest absolute Gasteiger partial charge is 0.414 e. The van der Waals surface area contributed by atoms with Crippen molar-refractivity contribution in [2.75, 3.05) is 18.5 Å². The smallest absolute Gasteiger partial charge is 0.329 e. The number of hydroxylamine groups is 1. The third-order valence-corrected chi connectivity index (χ3v) is 1.86. The van der Waals surface area contributed by atoms with Crippen LogP contribution < -0.4 is 16.1 Å². The molecule has 0 atom stereocenters. The van der Waals surface area contributed by atoms with Gasteiger partial charge in [0.15, 0.2) is 6.61 Å². The molecule has 0 aromatic heterocycles. The monoisotopic (exact) mass is 291 g/mol. The molecule has 110 valence electrons. The Morgan fingerprint density at radius 2 is 1.80 bits per heavy atom. The normalized spacial score (nSPS) is 10.8. The molecular weight excluding hydrogens is 279 g/mol. The molecular formula is C11H12F3N3O3. The summed E-state index contributed by atoms with van der Waals surface area (Å²) in [6, 6.07) is 7.76. The van der Waals surface area contributed by atoms with Crippen LogP contribution in [0.25, 0.3) is 0 Å². The molecule has 6 nitrogen and oxygen atoms in total. The van der Waals surface area contributed by atoms with E-state index < -0.39 is 31.3 Å². The number of nitrogens with one attached hydrogen (secondary N) is 3. The van der Waals surface area contributed by atoms with Crippen molar-refractivity contribution in [1.29, 1.82) is 0 Å². The van der Waals surface area contributed by atoms with Gasteiger partial charge in [0.05, 0.1) is 0 Å². The van der Waals surface area contributed by atoms with Gasteiger partial charge < -0.3 is 10.6 Å². The van der Waals surface area contributed by atoms with E-state index in [0.717, 1.165) is 0 Å². The van der Waals surface area contributed by atoms with Gasteiger partial charge in [-0.1, -0.05) is 18.2 Å². The van der Waals surface area contributed by atoms with E-state index in [1.165, 1.54) is 0 Å². The number of benzene rings is 1. The fraction of sp³-hybridized carbons (Fsp3) is 0.273. The van der Waals surface area contributed by atoms with Crippen molar-refractivity contribution < 1.29 is 27.6 Å². The number of carbonyl (C=O) groups is 2. The van der Waals surface area contributed by atoms with Crippen LogP contribution >= 0.6 is 0 Å². The maximum absolute atomic E-state index is 11.7. The summed E-state index contributed by atoms with van der Waals surface area (Å²) >= 11 is 0. The molecule has 1 rings (SSSR count). The molecule has 0 radical (unpaired) electrons. The molecule has 0 aliphatic carbocycles. The van der Waals surface area contributed by atoms with Gasteiger partial charge in [0.1, 0.15) is 6.54 Å². The third-order valence-electron chi connectivity index (χ3n) is 1.86. The van der Waals surface area contributed by atoms with Crippen LogP contribution in [0.1, 0.15) is 0 Å². The highest BCUT2D eigenvalue weighted by atomic mass is 19.4. The topological polar surface area (TPSA) is 79.5 Å². The van der Waals surface area contributed by atoms with Crippen molar-refractivity contribution in [2.45, 2.75) is 6.18 Å². The Hall–Kier alpha value is -2.29. The number of amides is 3. The quantitative estimate of drug-likeness (QED) is 0.718. The SMILES string of the molecule is O=C(CNC(=O)Nc1ccccc1)NOCC(F)(F)F. The fourth-order valence-electron chi connectivity index (χ4n) is 1.09. The van der Waals surface area contributed by atoms with Gasteiger partial charge in [0.2, 0.25) is 0 Å². The van der Waals surface area contributed by atoms with Gasteiger partial charge in [-0.3, -0.25) is 9.63 Å². The van der Waals surface area contributed by atoms with Crippen LogP contribution in [0.15, 0.2) is 30.3 Å². The number of para-hydroxylation sites is 1. The molecule has 1 aromatic carbocycles. The number of urea groups is 1. The van der Waals surface area contributed by atoms with Crippen molar-refractivity contribution >= 4 is 17.6 Å². The number of hydrogen-bond acceptors (Lipinski definition) is 3. The van der Waals surface area contributed by atoms with Gasteiger partial charge in [-0.25, -0.2) is 10.3 Å². The Kier molecular flexibility index (Phi) is 5.78. The third kappa shape index (κ3) is 7.21. The van der Waals surface area contributed by atoms with E-state index in [4.69, 9.17) is 0 Å². The molecule has 20 heavy (non-hydrogen) atoms. The second-order valence-corrected chi connectivity index (χ2v) is 3.60. The first-order valence-corrected chi connectivity index (χ1v) is 5.44. The number of carbonyl (C=O) groups excluding carboxylic acids is 2. The molecule has 0 unspecified atom stereocenters. The molecule has 0 saturated carbocycles. The Morgan fingerprint density at radius 3 is 2.40 bits per heavy atom. The first-order valence-electron chi connectivity index (χ1n) is 5.44. The summed E-state index contributed by atoms with van der Waals surface area (Å²) < 4.78 is 35.1. The lowest BCUT2D eigenvalue weighted by Crippen LogP contribution is -2.40. The van der Waals surface area contributed by atoms with E-state index in [9.17, 15) is 22.8 Å². The van der Waals surface area contributed by atoms with Crippen LogP contribution in [0.3, 0.4) is 0 Å². The number of hydrogen-bond donors (Lipinski definition) is 3. The van der Waals surface area contributed by atoms with Crippen LogP contribution in [-0.2, 0) is 9.63 Å². The Balaban J connectivity index is 2.19. The summed E-state index contributed by atoms with van der Waals surface area (Å²) in [6.07, 6.45) is -4.54. The van der Waals surface area contributed by atoms with Crippen molar-refractivity contribution in [3.8, 4) is 0 Å². The summed E-state index contributed by atoms with van der Waals surface area (Å²) in [7, 11) is 0. The molecule has 0 aliphatic rings. The van der Waals surface area contributed by atoms with Gasteiger partial charge in [-0.05, 0) is 12.1 Å². The van der Waals surface area contributed by atoms with E-state index in [1.54, 1.807) is 35.8 Å². The van der Waals surface area contributed by atoms with Crippen LogP contribution in [-0.4, -0.2) is 31.3 Å². The van der Waals surface area contributed by atoms with Crippen molar-refractivity contribution in [2.24, 2.45) is 0 Å². The van der Waals surface area contributed by atoms with Gasteiger partial charge in [0.25, 0.3) is 5.91 Å². The predicted octanol–water partition coefficient (Wildman–Crippen LogP) is 1.42. The lowest BCUT2D eigenvalue weighted by Gasteiger charge is -2.09. The van der Waals surface area contributed by atoms with E-state index in [1.807, 2.05) is 0 Å². The first-order chi connectivity index (χ1) is 9.37. The predicted molar refractivity (Wildman–Crippen MR) is 63.6 cm³/mol. The Morgan fingerprint density at radius 1 is 1.15 bits per heavy atom. The molecule has 0 spiro atoms. The zero-order chi connectivity index (χ0) is 15.0. The zero-order valence-electron chi connectivity index (χ0n) is 10.2. The molecule has 0 heterocycles. The highest BCUT2D eigenvalue weighted by Crippen LogP contribution is 2.13. The maximum Gasteiger partial charge on any atom is 0.414 e. The second-order valence-electron chi connectivity index (χ2n) is 3.60. The number of halogens is 3. The number of anilines is 1. The van der Waals surface area contributed by atoms with Crippen LogP contribution in [0.5, 0.6) is 0 Å². The summed E-state index contributed by atoms with van der Waals surface area (Å²) in [5.41, 5.74) is 2.07. The van der Waals surface area contributed by atoms with Gasteiger partial charge >= 0.3 is 12.2 Å². The van der Waals surface area contributed by atoms with Gasteiger partial charge in [0, 0.05) is 5.69 Å². The molecule has 0 bridgehead atoms. The summed E-state index contributed by atoms with van der Waals surface area (Å²) in [5, 5.41) is 4.58. The summed E-state index contributed by atoms with van der Waals surface area (Å²) in [6.45, 7) is -2.12. The number of rotatable bonds is 5. The van der Waals surface area contributed by atoms with Crippen LogP contribution in [0, 0.1) is 0 Å². The highest BCUT2D eigenvalue weighted by molar-refractivity contribution is 5.91. The molecule has 0 fully saturated rings. The van der Waals surface area contributed by atoms with E-state index in [2.05, 4.69) is 15.5 Å². The van der Waals surface area contributed by atoms with Gasteiger partial charge in [-0.2, -0.15) is 13.2 Å². The Bertz CT molecular complexity index is 451. The second kappa shape index (κ2) is 7.34. The molecule has 1 aromatic rings. The van der Waals surface area contributed by atoms with Crippen molar-refractivity contribution in [3.63, 3.8) is 0 Å². The molecule has 3 amide bonds. The minimum atomic E-state index is -4.54. The summed E-state index contributed by atoms with van der Waals surface area (Å²) in [5.74, 6) is -0.905. The minimum absolute atomic E-state index is 0.513. The minimum Gasteiger partial charge on any atom is -0.329 e. The standard InChI is InChI=1S/C11H12F3N3O3/c12-11(13,14)7-20-17-9(18)6-15-10(19)16-8-4-2-1-3-5-8/h1-5H,6-7H2,(H,17,18)(H2,15,16,19). The van der Waals surface area contributed by atoms with Crippen molar-refractivity contribution in [3.05, 3.63) is 30.3 Å². The van der Waals surface area contributed by atoms with E-state index in [0.29, 0.717) is 5.69 Å². The number of alkyl halides is 3. The fourth-order valence-corrected chi connectivity index (χ4v) is 1.09. The van der Waals surface area contributed by atoms with Crippen LogP contribution in [0.4, 0.5) is 23.7 Å². The maximum atomic E-state index is 11.7. The molecule has 0 aliphatic heterocycles. The summed E-state index contributed by atoms with van der Waals surface area (Å²) in [4.78, 5) is 26.3. The average Bonchev–Trinajstić information content (AvgIpc) is 2.36. The Labute approximate surface area is 112 Å². The molecule has 3 N–H and O–H groups in total. The lowest BCUT2D eigenvalue weighted by atomic mass is 10.3. The average molecular weight is 291 g/mol. The van der Waals surface area contributed by atoms with E-state index >= 15 is 0 Å². The first kappa shape index (κ1) is 15.8.